The second-order valence-electron chi connectivity index (χ2n) is 30.3. The van der Waals surface area contributed by atoms with E-state index in [4.69, 9.17) is 4.42 Å². The normalized spacial score (nSPS) is 12.2. The Morgan fingerprint density at radius 1 is 0.165 bits per heavy atom. The summed E-state index contributed by atoms with van der Waals surface area (Å²) < 4.78 is 21.8. The third-order valence-corrected chi connectivity index (χ3v) is 27.7. The first-order chi connectivity index (χ1) is 57.1. The highest BCUT2D eigenvalue weighted by atomic mass is 32.1. The van der Waals surface area contributed by atoms with Crippen LogP contribution in [0, 0.1) is 0 Å². The molecule has 0 atom stereocenters. The smallest absolute Gasteiger partial charge is 0.137 e. The van der Waals surface area contributed by atoms with Crippen LogP contribution in [0.25, 0.3) is 241 Å². The fourth-order valence-electron chi connectivity index (χ4n) is 19.6. The van der Waals surface area contributed by atoms with Crippen LogP contribution in [0.5, 0.6) is 0 Å². The van der Waals surface area contributed by atoms with E-state index in [1.54, 1.807) is 0 Å². The van der Waals surface area contributed by atoms with Gasteiger partial charge in [-0.25, -0.2) is 0 Å². The van der Waals surface area contributed by atoms with E-state index in [0.717, 1.165) is 27.6 Å². The zero-order valence-corrected chi connectivity index (χ0v) is 64.3. The first-order valence-electron chi connectivity index (χ1n) is 39.3. The van der Waals surface area contributed by atoms with Crippen LogP contribution < -0.4 is 0 Å². The molecule has 0 bridgehead atoms. The maximum Gasteiger partial charge on any atom is 0.137 e. The van der Waals surface area contributed by atoms with Crippen molar-refractivity contribution >= 4 is 247 Å². The van der Waals surface area contributed by atoms with Crippen molar-refractivity contribution in [3.8, 4) is 28.2 Å². The average molecular weight is 1510 g/mol. The molecule has 115 heavy (non-hydrogen) atoms. The molecule has 4 nitrogen and oxygen atoms in total. The molecule has 0 saturated heterocycles. The molecule has 27 rings (SSSR count). The summed E-state index contributed by atoms with van der Waals surface area (Å²) >= 11 is 5.66. The molecular weight excluding hydrogens is 1450 g/mol. The van der Waals surface area contributed by atoms with E-state index in [1.807, 2.05) is 46.1 Å². The van der Waals surface area contributed by atoms with Crippen molar-refractivity contribution < 1.29 is 4.42 Å². The fraction of sp³-hybridized carbons (Fsp3) is 0. The number of nitrogens with zero attached hydrogens (tertiary/aromatic N) is 3. The van der Waals surface area contributed by atoms with Gasteiger partial charge in [0.2, 0.25) is 0 Å². The Morgan fingerprint density at radius 3 is 0.870 bits per heavy atom. The standard InChI is InChI=1S/C38H21NOS.C38H23NS.C32H19NS/c1-2-11-26-25(10-1)35-29(19-20-34-37(35)28-13-5-8-16-33(28)41-34)38-36(26)27-12-3-6-14-30(27)39(38)22-17-18-24-23-9-4-7-15-31(23)40-32(24)21-22;1-2-10-24(11-3-1)25-18-20-26(21-19-25)39-32-16-8-6-14-29(32)36-28-13-5-4-12-27(28)35-31(38(36)39)22-23-34-37(35)30-15-7-9-17-33(30)40-34;1-2-10-20(11-3-1)33-26-16-8-6-14-23(26)30-22-13-5-4-12-21(22)29-25(32(30)33)18-19-28-31(29)24-15-7-9-17-27(24)34-28/h1-21H;1-23H;1-19H. The lowest BCUT2D eigenvalue weighted by Gasteiger charge is -2.14. The van der Waals surface area contributed by atoms with Gasteiger partial charge in [0.05, 0.1) is 33.1 Å². The van der Waals surface area contributed by atoms with E-state index in [9.17, 15) is 0 Å². The first-order valence-corrected chi connectivity index (χ1v) is 41.7. The Labute approximate surface area is 669 Å². The summed E-state index contributed by atoms with van der Waals surface area (Å²) in [6.45, 7) is 0. The minimum atomic E-state index is 0.908. The largest absolute Gasteiger partial charge is 0.456 e. The summed E-state index contributed by atoms with van der Waals surface area (Å²) in [5.41, 5.74) is 15.3. The molecule has 27 aromatic rings. The van der Waals surface area contributed by atoms with Crippen LogP contribution in [0.2, 0.25) is 0 Å². The lowest BCUT2D eigenvalue weighted by Crippen LogP contribution is -1.95. The van der Waals surface area contributed by atoms with Crippen LogP contribution in [-0.4, -0.2) is 13.7 Å². The van der Waals surface area contributed by atoms with E-state index in [2.05, 4.69) is 384 Å². The fourth-order valence-corrected chi connectivity index (χ4v) is 23.0. The van der Waals surface area contributed by atoms with Gasteiger partial charge in [-0.15, -0.1) is 34.0 Å². The molecule has 0 unspecified atom stereocenters. The molecule has 0 aliphatic rings. The van der Waals surface area contributed by atoms with Gasteiger partial charge in [0, 0.05) is 159 Å². The Balaban J connectivity index is 0.0000000974. The van der Waals surface area contributed by atoms with Gasteiger partial charge in [0.25, 0.3) is 0 Å². The molecule has 0 amide bonds. The molecule has 0 N–H and O–H groups in total. The molecule has 7 heterocycles. The molecule has 0 aliphatic carbocycles. The summed E-state index contributed by atoms with van der Waals surface area (Å²) in [4.78, 5) is 0. The van der Waals surface area contributed by atoms with Gasteiger partial charge < -0.3 is 18.1 Å². The summed E-state index contributed by atoms with van der Waals surface area (Å²) in [7, 11) is 0. The van der Waals surface area contributed by atoms with Crippen molar-refractivity contribution in [2.24, 2.45) is 0 Å². The Morgan fingerprint density at radius 2 is 0.452 bits per heavy atom. The average Bonchev–Trinajstić information content (AvgIpc) is 1.56. The topological polar surface area (TPSA) is 27.9 Å². The number of fused-ring (bicyclic) bond motifs is 39. The predicted octanol–water partition coefficient (Wildman–Crippen LogP) is 31.9. The van der Waals surface area contributed by atoms with Crippen LogP contribution in [0.15, 0.2) is 387 Å². The SMILES string of the molecule is c1ccc(-c2ccc(-n3c4ccccc4c4c5ccccc5c5c(ccc6sc7ccccc7c65)c43)cc2)cc1.c1ccc(-n2c3ccccc3c3c4ccccc4c4c(ccc5sc6ccccc6c54)c32)cc1.c1ccc2c(c1)oc1cc(-n3c4ccccc4c4c5ccccc5c5c(ccc6sc7ccccc7c65)c43)ccc12. The molecule has 0 radical (unpaired) electrons. The number of aromatic nitrogens is 3. The number of benzene rings is 20. The second-order valence-corrected chi connectivity index (χ2v) is 33.5. The van der Waals surface area contributed by atoms with Gasteiger partial charge in [-0.2, -0.15) is 0 Å². The van der Waals surface area contributed by atoms with Crippen LogP contribution in [-0.2, 0) is 0 Å². The number of thiophene rings is 3. The van der Waals surface area contributed by atoms with Crippen molar-refractivity contribution in [1.82, 2.24) is 13.7 Å². The van der Waals surface area contributed by atoms with Gasteiger partial charge in [-0.1, -0.05) is 279 Å². The highest BCUT2D eigenvalue weighted by Crippen LogP contribution is 2.52. The number of para-hydroxylation sites is 5. The first kappa shape index (κ1) is 64.5. The maximum atomic E-state index is 6.36. The summed E-state index contributed by atoms with van der Waals surface area (Å²) in [5, 5.41) is 34.0. The van der Waals surface area contributed by atoms with Gasteiger partial charge in [0.1, 0.15) is 11.2 Å². The monoisotopic (exact) mass is 1510 g/mol. The highest BCUT2D eigenvalue weighted by molar-refractivity contribution is 7.27. The van der Waals surface area contributed by atoms with Gasteiger partial charge in [-0.05, 0) is 141 Å². The Kier molecular flexibility index (Phi) is 14.1. The molecule has 0 aliphatic heterocycles. The lowest BCUT2D eigenvalue weighted by atomic mass is 9.94. The van der Waals surface area contributed by atoms with Crippen molar-refractivity contribution in [2.45, 2.75) is 0 Å². The van der Waals surface area contributed by atoms with E-state index in [0.29, 0.717) is 0 Å². The molecule has 534 valence electrons. The van der Waals surface area contributed by atoms with Gasteiger partial charge >= 0.3 is 0 Å². The molecular formula is C108H63N3OS3. The summed E-state index contributed by atoms with van der Waals surface area (Å²) in [5.74, 6) is 0. The van der Waals surface area contributed by atoms with E-state index in [-0.39, 0.29) is 0 Å². The highest BCUT2D eigenvalue weighted by Gasteiger charge is 2.27. The van der Waals surface area contributed by atoms with Crippen molar-refractivity contribution in [2.75, 3.05) is 0 Å². The minimum Gasteiger partial charge on any atom is -0.456 e. The van der Waals surface area contributed by atoms with Crippen molar-refractivity contribution in [3.63, 3.8) is 0 Å². The van der Waals surface area contributed by atoms with E-state index >= 15 is 0 Å². The second kappa shape index (κ2) is 25.2. The third-order valence-electron chi connectivity index (χ3n) is 24.3. The zero-order chi connectivity index (χ0) is 75.1. The number of hydrogen-bond donors (Lipinski definition) is 0. The van der Waals surface area contributed by atoms with Crippen LogP contribution in [0.4, 0.5) is 0 Å². The molecule has 0 fully saturated rings. The van der Waals surface area contributed by atoms with Gasteiger partial charge in [0.15, 0.2) is 0 Å². The summed E-state index contributed by atoms with van der Waals surface area (Å²) in [6, 6.07) is 139. The zero-order valence-electron chi connectivity index (χ0n) is 61.8. The molecule has 0 spiro atoms. The number of rotatable bonds is 4. The Hall–Kier alpha value is -14.2. The minimum absolute atomic E-state index is 0.908. The molecule has 7 heteroatoms. The van der Waals surface area contributed by atoms with Crippen LogP contribution in [0.3, 0.4) is 0 Å². The maximum absolute atomic E-state index is 6.36. The predicted molar refractivity (Wildman–Crippen MR) is 499 cm³/mol. The van der Waals surface area contributed by atoms with Crippen molar-refractivity contribution in [1.29, 1.82) is 0 Å². The van der Waals surface area contributed by atoms with Crippen molar-refractivity contribution in [3.05, 3.63) is 382 Å². The van der Waals surface area contributed by atoms with E-state index in [1.165, 1.54) is 213 Å². The molecule has 20 aromatic carbocycles. The van der Waals surface area contributed by atoms with Crippen LogP contribution >= 0.6 is 34.0 Å². The summed E-state index contributed by atoms with van der Waals surface area (Å²) in [6.07, 6.45) is 0. The number of furan rings is 1. The quantitative estimate of drug-likeness (QED) is 0.161. The molecule has 7 aromatic heterocycles. The van der Waals surface area contributed by atoms with Crippen LogP contribution in [0.1, 0.15) is 0 Å². The molecule has 0 saturated carbocycles. The van der Waals surface area contributed by atoms with Gasteiger partial charge in [-0.3, -0.25) is 0 Å². The van der Waals surface area contributed by atoms with E-state index < -0.39 is 0 Å². The number of hydrogen-bond acceptors (Lipinski definition) is 4. The lowest BCUT2D eigenvalue weighted by molar-refractivity contribution is 0.668. The Bertz CT molecular complexity index is 8790. The third kappa shape index (κ3) is 9.46.